The van der Waals surface area contributed by atoms with Crippen molar-refractivity contribution in [2.45, 2.75) is 0 Å². The Balaban J connectivity index is 1.75. The minimum atomic E-state index is -1.00. The molecule has 0 saturated heterocycles. The molecule has 0 bridgehead atoms. The molecule has 0 unspecified atom stereocenters. The van der Waals surface area contributed by atoms with Crippen LogP contribution in [-0.2, 0) is 4.79 Å². The predicted octanol–water partition coefficient (Wildman–Crippen LogP) is 6.61. The molecule has 0 spiro atoms. The van der Waals surface area contributed by atoms with Crippen LogP contribution in [0.25, 0.3) is 26.6 Å². The molecule has 0 radical (unpaired) electrons. The molecule has 3 aromatic carbocycles. The Morgan fingerprint density at radius 1 is 1.00 bits per heavy atom. The van der Waals surface area contributed by atoms with Gasteiger partial charge in [0.2, 0.25) is 0 Å². The van der Waals surface area contributed by atoms with E-state index >= 15 is 0 Å². The third-order valence-corrected chi connectivity index (χ3v) is 5.66. The SMILES string of the molecule is COc1ccc2c(Oc3ccc(C=CC(=O)O)cc3)c(-c3ccc(F)cc3)sc2c1. The van der Waals surface area contributed by atoms with Gasteiger partial charge in [0.1, 0.15) is 17.3 Å². The molecule has 6 heteroatoms. The second-order valence-corrected chi connectivity index (χ2v) is 7.52. The van der Waals surface area contributed by atoms with Gasteiger partial charge in [-0.1, -0.05) is 24.3 Å². The van der Waals surface area contributed by atoms with E-state index in [2.05, 4.69) is 0 Å². The number of thiophene rings is 1. The van der Waals surface area contributed by atoms with Crippen LogP contribution >= 0.6 is 11.3 Å². The molecule has 0 aliphatic carbocycles. The number of fused-ring (bicyclic) bond motifs is 1. The summed E-state index contributed by atoms with van der Waals surface area (Å²) in [6.07, 6.45) is 2.60. The van der Waals surface area contributed by atoms with E-state index in [0.717, 1.165) is 37.9 Å². The van der Waals surface area contributed by atoms with Gasteiger partial charge in [0.05, 0.1) is 12.0 Å². The maximum absolute atomic E-state index is 13.4. The second-order valence-electron chi connectivity index (χ2n) is 6.47. The quantitative estimate of drug-likeness (QED) is 0.357. The first-order valence-corrected chi connectivity index (χ1v) is 9.90. The molecular formula is C24H17FO4S. The molecule has 0 saturated carbocycles. The zero-order valence-electron chi connectivity index (χ0n) is 16.0. The van der Waals surface area contributed by atoms with Crippen molar-refractivity contribution in [3.8, 4) is 27.7 Å². The van der Waals surface area contributed by atoms with Crippen LogP contribution in [0.3, 0.4) is 0 Å². The molecule has 1 aromatic heterocycles. The standard InChI is InChI=1S/C24H17FO4S/c1-28-19-11-12-20-21(14-19)30-24(16-5-7-17(25)8-6-16)23(20)29-18-9-2-15(3-10-18)4-13-22(26)27/h2-14H,1H3,(H,26,27). The summed E-state index contributed by atoms with van der Waals surface area (Å²) in [7, 11) is 1.62. The van der Waals surface area contributed by atoms with Crippen molar-refractivity contribution in [1.29, 1.82) is 0 Å². The number of hydrogen-bond donors (Lipinski definition) is 1. The highest BCUT2D eigenvalue weighted by Crippen LogP contribution is 2.47. The normalized spacial score (nSPS) is 11.1. The molecule has 0 atom stereocenters. The van der Waals surface area contributed by atoms with Crippen LogP contribution in [0.4, 0.5) is 4.39 Å². The summed E-state index contributed by atoms with van der Waals surface area (Å²) < 4.78 is 26.0. The van der Waals surface area contributed by atoms with Gasteiger partial charge in [-0.2, -0.15) is 0 Å². The van der Waals surface area contributed by atoms with Crippen molar-refractivity contribution < 1.29 is 23.8 Å². The summed E-state index contributed by atoms with van der Waals surface area (Å²) in [5.74, 6) is 0.739. The van der Waals surface area contributed by atoms with Gasteiger partial charge in [0.25, 0.3) is 0 Å². The third-order valence-electron chi connectivity index (χ3n) is 4.48. The smallest absolute Gasteiger partial charge is 0.328 e. The van der Waals surface area contributed by atoms with Crippen molar-refractivity contribution in [1.82, 2.24) is 0 Å². The van der Waals surface area contributed by atoms with Crippen LogP contribution in [0.2, 0.25) is 0 Å². The Hall–Kier alpha value is -3.64. The van der Waals surface area contributed by atoms with Crippen molar-refractivity contribution in [3.63, 3.8) is 0 Å². The molecule has 0 aliphatic rings. The number of aliphatic carboxylic acids is 1. The molecule has 4 rings (SSSR count). The van der Waals surface area contributed by atoms with Gasteiger partial charge in [-0.25, -0.2) is 9.18 Å². The Morgan fingerprint density at radius 2 is 1.70 bits per heavy atom. The minimum Gasteiger partial charge on any atom is -0.497 e. The fourth-order valence-electron chi connectivity index (χ4n) is 3.01. The summed E-state index contributed by atoms with van der Waals surface area (Å²) in [5, 5.41) is 9.68. The van der Waals surface area contributed by atoms with E-state index in [9.17, 15) is 9.18 Å². The van der Waals surface area contributed by atoms with Gasteiger partial charge in [-0.15, -0.1) is 11.3 Å². The monoisotopic (exact) mass is 420 g/mol. The fourth-order valence-corrected chi connectivity index (χ4v) is 4.17. The summed E-state index contributed by atoms with van der Waals surface area (Å²) in [6.45, 7) is 0. The third kappa shape index (κ3) is 4.18. The summed E-state index contributed by atoms with van der Waals surface area (Å²) >= 11 is 1.54. The van der Waals surface area contributed by atoms with Gasteiger partial charge in [-0.05, 0) is 59.7 Å². The Bertz CT molecular complexity index is 1220. The summed E-state index contributed by atoms with van der Waals surface area (Å²) in [5.41, 5.74) is 1.61. The van der Waals surface area contributed by atoms with E-state index in [-0.39, 0.29) is 5.82 Å². The average Bonchev–Trinajstić information content (AvgIpc) is 3.11. The Labute approximate surface area is 176 Å². The molecule has 4 nitrogen and oxygen atoms in total. The zero-order chi connectivity index (χ0) is 21.1. The van der Waals surface area contributed by atoms with Gasteiger partial charge in [0.15, 0.2) is 5.75 Å². The van der Waals surface area contributed by atoms with E-state index in [1.54, 1.807) is 54.8 Å². The molecule has 1 heterocycles. The van der Waals surface area contributed by atoms with Crippen LogP contribution in [0, 0.1) is 5.82 Å². The zero-order valence-corrected chi connectivity index (χ0v) is 16.8. The minimum absolute atomic E-state index is 0.297. The average molecular weight is 420 g/mol. The molecular weight excluding hydrogens is 403 g/mol. The van der Waals surface area contributed by atoms with Gasteiger partial charge < -0.3 is 14.6 Å². The lowest BCUT2D eigenvalue weighted by Gasteiger charge is -2.09. The molecule has 0 aliphatic heterocycles. The number of carboxylic acid groups (broad SMARTS) is 1. The molecule has 4 aromatic rings. The second kappa shape index (κ2) is 8.39. The lowest BCUT2D eigenvalue weighted by molar-refractivity contribution is -0.131. The molecule has 150 valence electrons. The summed E-state index contributed by atoms with van der Waals surface area (Å²) in [6, 6.07) is 19.2. The first-order chi connectivity index (χ1) is 14.5. The Kier molecular flexibility index (Phi) is 5.50. The van der Waals surface area contributed by atoms with Crippen molar-refractivity contribution in [3.05, 3.63) is 84.2 Å². The van der Waals surface area contributed by atoms with Gasteiger partial charge in [0, 0.05) is 16.2 Å². The van der Waals surface area contributed by atoms with E-state index < -0.39 is 5.97 Å². The van der Waals surface area contributed by atoms with Crippen LogP contribution < -0.4 is 9.47 Å². The maximum Gasteiger partial charge on any atom is 0.328 e. The topological polar surface area (TPSA) is 55.8 Å². The van der Waals surface area contributed by atoms with Crippen LogP contribution in [0.15, 0.2) is 72.8 Å². The first kappa shape index (κ1) is 19.7. The largest absolute Gasteiger partial charge is 0.497 e. The number of rotatable bonds is 6. The number of ether oxygens (including phenoxy) is 2. The van der Waals surface area contributed by atoms with Crippen molar-refractivity contribution in [2.75, 3.05) is 7.11 Å². The van der Waals surface area contributed by atoms with Gasteiger partial charge >= 0.3 is 5.97 Å². The number of carboxylic acids is 1. The Morgan fingerprint density at radius 3 is 2.37 bits per heavy atom. The lowest BCUT2D eigenvalue weighted by Crippen LogP contribution is -1.87. The van der Waals surface area contributed by atoms with Crippen LogP contribution in [0.1, 0.15) is 5.56 Å². The van der Waals surface area contributed by atoms with Crippen LogP contribution in [-0.4, -0.2) is 18.2 Å². The molecule has 0 fully saturated rings. The van der Waals surface area contributed by atoms with Crippen molar-refractivity contribution >= 4 is 33.5 Å². The molecule has 30 heavy (non-hydrogen) atoms. The lowest BCUT2D eigenvalue weighted by atomic mass is 10.1. The number of methoxy groups -OCH3 is 1. The molecule has 0 amide bonds. The highest BCUT2D eigenvalue weighted by molar-refractivity contribution is 7.22. The highest BCUT2D eigenvalue weighted by Gasteiger charge is 2.17. The fraction of sp³-hybridized carbons (Fsp3) is 0.0417. The number of hydrogen-bond acceptors (Lipinski definition) is 4. The van der Waals surface area contributed by atoms with E-state index in [4.69, 9.17) is 14.6 Å². The number of carbonyl (C=O) groups is 1. The van der Waals surface area contributed by atoms with E-state index in [1.807, 2.05) is 18.2 Å². The van der Waals surface area contributed by atoms with E-state index in [1.165, 1.54) is 18.2 Å². The van der Waals surface area contributed by atoms with Crippen molar-refractivity contribution in [2.24, 2.45) is 0 Å². The van der Waals surface area contributed by atoms with E-state index in [0.29, 0.717) is 11.5 Å². The number of halogens is 1. The van der Waals surface area contributed by atoms with Crippen LogP contribution in [0.5, 0.6) is 17.2 Å². The van der Waals surface area contributed by atoms with Gasteiger partial charge in [-0.3, -0.25) is 0 Å². The maximum atomic E-state index is 13.4. The predicted molar refractivity (Wildman–Crippen MR) is 117 cm³/mol. The molecule has 1 N–H and O–H groups in total. The first-order valence-electron chi connectivity index (χ1n) is 9.09. The summed E-state index contributed by atoms with van der Waals surface area (Å²) in [4.78, 5) is 11.6. The number of benzene rings is 3. The highest BCUT2D eigenvalue weighted by atomic mass is 32.1.